The van der Waals surface area contributed by atoms with Crippen molar-refractivity contribution in [1.82, 2.24) is 0 Å². The Balaban J connectivity index is 1.55. The Bertz CT molecular complexity index is 2020. The molecule has 47 heavy (non-hydrogen) atoms. The molecule has 0 N–H and O–H groups in total. The summed E-state index contributed by atoms with van der Waals surface area (Å²) in [6.07, 6.45) is 5.12. The lowest BCUT2D eigenvalue weighted by atomic mass is 9.75. The molecule has 2 aliphatic carbocycles. The number of benzene rings is 4. The van der Waals surface area contributed by atoms with E-state index in [1.54, 1.807) is 34.5 Å². The quantitative estimate of drug-likeness (QED) is 0.210. The number of allylic oxidation sites excluding steroid dienone is 3. The molecule has 0 saturated heterocycles. The molecular weight excluding hydrogens is 605 g/mol. The van der Waals surface area contributed by atoms with E-state index in [9.17, 15) is 13.2 Å². The van der Waals surface area contributed by atoms with Gasteiger partial charge in [-0.15, -0.1) is 0 Å². The molecule has 1 aliphatic heterocycles. The van der Waals surface area contributed by atoms with Crippen molar-refractivity contribution in [3.63, 3.8) is 0 Å². The lowest BCUT2D eigenvalue weighted by Crippen LogP contribution is -2.36. The second-order valence-electron chi connectivity index (χ2n) is 12.6. The second kappa shape index (κ2) is 10.9. The Kier molecular flexibility index (Phi) is 7.11. The third-order valence-corrected chi connectivity index (χ3v) is 9.83. The molecule has 8 heteroatoms. The van der Waals surface area contributed by atoms with Gasteiger partial charge >= 0.3 is 6.18 Å². The number of fused-ring (bicyclic) bond motifs is 8. The highest BCUT2D eigenvalue weighted by Gasteiger charge is 2.46. The highest BCUT2D eigenvalue weighted by molar-refractivity contribution is 6.09. The summed E-state index contributed by atoms with van der Waals surface area (Å²) in [5, 5.41) is 1.58. The molecule has 5 nitrogen and oxygen atoms in total. The molecule has 0 fully saturated rings. The molecular formula is C39H35F3O5. The fourth-order valence-corrected chi connectivity index (χ4v) is 7.44. The minimum Gasteiger partial charge on any atom is -0.501 e. The molecule has 0 radical (unpaired) electrons. The molecule has 0 aromatic heterocycles. The SMILES string of the molecule is COC1=CC=C(C2(c3ccc(OC)cc3)C=Cc3c4c(c5cc(OC)c(OC)cc5c3O2)-c2ccc(C(F)(F)F)cc2C4(C)C)CC1. The predicted octanol–water partition coefficient (Wildman–Crippen LogP) is 9.74. The van der Waals surface area contributed by atoms with E-state index in [2.05, 4.69) is 18.2 Å². The third-order valence-electron chi connectivity index (χ3n) is 9.83. The van der Waals surface area contributed by atoms with Crippen LogP contribution in [0, 0.1) is 0 Å². The predicted molar refractivity (Wildman–Crippen MR) is 176 cm³/mol. The van der Waals surface area contributed by atoms with Crippen LogP contribution >= 0.6 is 0 Å². The van der Waals surface area contributed by atoms with E-state index >= 15 is 0 Å². The number of hydrogen-bond acceptors (Lipinski definition) is 5. The topological polar surface area (TPSA) is 46.2 Å². The maximum atomic E-state index is 14.0. The van der Waals surface area contributed by atoms with Gasteiger partial charge in [0.05, 0.1) is 39.8 Å². The Morgan fingerprint density at radius 2 is 1.47 bits per heavy atom. The van der Waals surface area contributed by atoms with Crippen molar-refractivity contribution in [2.24, 2.45) is 0 Å². The molecule has 0 bridgehead atoms. The van der Waals surface area contributed by atoms with E-state index in [1.165, 1.54) is 6.07 Å². The van der Waals surface area contributed by atoms with Gasteiger partial charge in [0.15, 0.2) is 17.1 Å². The van der Waals surface area contributed by atoms with Crippen molar-refractivity contribution in [3.8, 4) is 34.1 Å². The maximum Gasteiger partial charge on any atom is 0.416 e. The monoisotopic (exact) mass is 640 g/mol. The van der Waals surface area contributed by atoms with E-state index in [0.29, 0.717) is 35.7 Å². The first-order valence-corrected chi connectivity index (χ1v) is 15.4. The van der Waals surface area contributed by atoms with Crippen LogP contribution in [0.25, 0.3) is 28.0 Å². The van der Waals surface area contributed by atoms with Crippen LogP contribution < -0.4 is 18.9 Å². The Labute approximate surface area is 271 Å². The summed E-state index contributed by atoms with van der Waals surface area (Å²) in [5.41, 5.74) is 3.47. The van der Waals surface area contributed by atoms with E-state index in [0.717, 1.165) is 61.7 Å². The van der Waals surface area contributed by atoms with Crippen molar-refractivity contribution < 1.29 is 36.9 Å². The van der Waals surface area contributed by atoms with Crippen molar-refractivity contribution >= 4 is 16.8 Å². The number of hydrogen-bond donors (Lipinski definition) is 0. The fraction of sp³-hybridized carbons (Fsp3) is 0.282. The Hall–Kier alpha value is -4.85. The lowest BCUT2D eigenvalue weighted by Gasteiger charge is -2.40. The van der Waals surface area contributed by atoms with Crippen molar-refractivity contribution in [1.29, 1.82) is 0 Å². The van der Waals surface area contributed by atoms with Gasteiger partial charge in [-0.25, -0.2) is 0 Å². The molecule has 0 amide bonds. The largest absolute Gasteiger partial charge is 0.501 e. The zero-order chi connectivity index (χ0) is 33.3. The highest BCUT2D eigenvalue weighted by Crippen LogP contribution is 2.60. The van der Waals surface area contributed by atoms with Crippen molar-refractivity contribution in [2.75, 3.05) is 28.4 Å². The summed E-state index contributed by atoms with van der Waals surface area (Å²) in [4.78, 5) is 0. The summed E-state index contributed by atoms with van der Waals surface area (Å²) in [6, 6.07) is 15.7. The number of rotatable bonds is 6. The van der Waals surface area contributed by atoms with Crippen LogP contribution in [0.1, 0.15) is 54.5 Å². The molecule has 1 atom stereocenters. The zero-order valence-electron chi connectivity index (χ0n) is 27.1. The molecule has 4 aromatic carbocycles. The molecule has 0 spiro atoms. The van der Waals surface area contributed by atoms with E-state index < -0.39 is 22.8 Å². The van der Waals surface area contributed by atoms with Crippen LogP contribution in [-0.2, 0) is 21.9 Å². The molecule has 7 rings (SSSR count). The number of methoxy groups -OCH3 is 4. The summed E-state index contributed by atoms with van der Waals surface area (Å²) < 4.78 is 71.7. The minimum absolute atomic E-state index is 0.514. The molecule has 0 saturated carbocycles. The van der Waals surface area contributed by atoms with Crippen LogP contribution in [0.5, 0.6) is 23.0 Å². The van der Waals surface area contributed by atoms with Crippen LogP contribution in [0.3, 0.4) is 0 Å². The smallest absolute Gasteiger partial charge is 0.416 e. The first-order valence-electron chi connectivity index (χ1n) is 15.4. The van der Waals surface area contributed by atoms with E-state index in [1.807, 2.05) is 56.3 Å². The number of alkyl halides is 3. The van der Waals surface area contributed by atoms with Gasteiger partial charge < -0.3 is 23.7 Å². The van der Waals surface area contributed by atoms with Gasteiger partial charge in [0.25, 0.3) is 0 Å². The van der Waals surface area contributed by atoms with Gasteiger partial charge in [0, 0.05) is 28.3 Å². The van der Waals surface area contributed by atoms with Crippen LogP contribution in [0.2, 0.25) is 0 Å². The first kappa shape index (κ1) is 30.8. The highest BCUT2D eigenvalue weighted by atomic mass is 19.4. The molecule has 1 unspecified atom stereocenters. The summed E-state index contributed by atoms with van der Waals surface area (Å²) >= 11 is 0. The standard InChI is InChI=1S/C39H35F3O5/c1-37(2)31-19-24(39(40,41)42)11-16-27(31)34-29-20-32(45-5)33(46-6)21-30(29)36-28(35(34)37)17-18-38(47-36,22-7-12-25(43-3)13-8-22)23-9-14-26(44-4)15-10-23/h7-9,11-14,16-21H,10,15H2,1-6H3. The van der Waals surface area contributed by atoms with E-state index in [4.69, 9.17) is 23.7 Å². The maximum absolute atomic E-state index is 14.0. The lowest BCUT2D eigenvalue weighted by molar-refractivity contribution is -0.137. The van der Waals surface area contributed by atoms with Crippen LogP contribution in [-0.4, -0.2) is 28.4 Å². The molecule has 242 valence electrons. The fourth-order valence-electron chi connectivity index (χ4n) is 7.44. The summed E-state index contributed by atoms with van der Waals surface area (Å²) in [6.45, 7) is 3.95. The Morgan fingerprint density at radius 3 is 2.06 bits per heavy atom. The van der Waals surface area contributed by atoms with Gasteiger partial charge in [-0.1, -0.05) is 44.2 Å². The first-order chi connectivity index (χ1) is 22.5. The van der Waals surface area contributed by atoms with Gasteiger partial charge in [-0.3, -0.25) is 0 Å². The van der Waals surface area contributed by atoms with Crippen LogP contribution in [0.15, 0.2) is 84.2 Å². The van der Waals surface area contributed by atoms with Gasteiger partial charge in [0.1, 0.15) is 11.5 Å². The number of ether oxygens (including phenoxy) is 5. The third kappa shape index (κ3) is 4.60. The minimum atomic E-state index is -4.47. The molecule has 1 heterocycles. The van der Waals surface area contributed by atoms with Crippen LogP contribution in [0.4, 0.5) is 13.2 Å². The van der Waals surface area contributed by atoms with Gasteiger partial charge in [0.2, 0.25) is 0 Å². The summed E-state index contributed by atoms with van der Waals surface area (Å²) in [5.74, 6) is 3.26. The average Bonchev–Trinajstić information content (AvgIpc) is 3.33. The zero-order valence-corrected chi connectivity index (χ0v) is 27.1. The number of halogens is 3. The summed E-state index contributed by atoms with van der Waals surface area (Å²) in [7, 11) is 6.45. The second-order valence-corrected chi connectivity index (χ2v) is 12.6. The van der Waals surface area contributed by atoms with E-state index in [-0.39, 0.29) is 0 Å². The molecule has 4 aromatic rings. The van der Waals surface area contributed by atoms with Crippen molar-refractivity contribution in [2.45, 2.75) is 43.9 Å². The van der Waals surface area contributed by atoms with Gasteiger partial charge in [-0.2, -0.15) is 13.2 Å². The Morgan fingerprint density at radius 1 is 0.766 bits per heavy atom. The van der Waals surface area contributed by atoms with Crippen molar-refractivity contribution in [3.05, 3.63) is 112 Å². The average molecular weight is 641 g/mol. The van der Waals surface area contributed by atoms with Gasteiger partial charge in [-0.05, 0) is 88.2 Å². The molecule has 3 aliphatic rings. The normalized spacial score (nSPS) is 19.2.